The van der Waals surface area contributed by atoms with Crippen LogP contribution in [0.5, 0.6) is 0 Å². The first-order valence-electron chi connectivity index (χ1n) is 7.45. The van der Waals surface area contributed by atoms with Gasteiger partial charge in [-0.15, -0.1) is 0 Å². The molecule has 1 saturated heterocycles. The summed E-state index contributed by atoms with van der Waals surface area (Å²) in [6, 6.07) is 9.44. The summed E-state index contributed by atoms with van der Waals surface area (Å²) in [5, 5.41) is 3.73. The van der Waals surface area contributed by atoms with E-state index in [2.05, 4.69) is 41.4 Å². The molecule has 1 atom stereocenters. The zero-order valence-corrected chi connectivity index (χ0v) is 11.4. The molecule has 0 amide bonds. The fourth-order valence-electron chi connectivity index (χ4n) is 2.97. The molecule has 1 aromatic rings. The molecule has 0 spiro atoms. The smallest absolute Gasteiger partial charge is 0.0602 e. The van der Waals surface area contributed by atoms with Crippen LogP contribution in [0.4, 0.5) is 11.4 Å². The molecule has 1 heterocycles. The van der Waals surface area contributed by atoms with Crippen LogP contribution < -0.4 is 10.2 Å². The van der Waals surface area contributed by atoms with E-state index in [4.69, 9.17) is 0 Å². The molecule has 1 aromatic carbocycles. The zero-order valence-electron chi connectivity index (χ0n) is 11.4. The Bertz CT molecular complexity index is 392. The van der Waals surface area contributed by atoms with Gasteiger partial charge in [0.15, 0.2) is 0 Å². The van der Waals surface area contributed by atoms with Crippen molar-refractivity contribution < 1.29 is 0 Å². The van der Waals surface area contributed by atoms with Crippen molar-refractivity contribution in [2.24, 2.45) is 5.92 Å². The van der Waals surface area contributed by atoms with E-state index in [1.165, 1.54) is 56.6 Å². The number of nitrogens with zero attached hydrogens (tertiary/aromatic N) is 1. The lowest BCUT2D eigenvalue weighted by atomic mass is 10.1. The predicted octanol–water partition coefficient (Wildman–Crippen LogP) is 3.89. The van der Waals surface area contributed by atoms with Crippen LogP contribution in [0.25, 0.3) is 0 Å². The van der Waals surface area contributed by atoms with Gasteiger partial charge in [-0.1, -0.05) is 12.1 Å². The topological polar surface area (TPSA) is 15.3 Å². The number of hydrogen-bond acceptors (Lipinski definition) is 2. The third kappa shape index (κ3) is 2.63. The van der Waals surface area contributed by atoms with E-state index >= 15 is 0 Å². The van der Waals surface area contributed by atoms with Gasteiger partial charge in [0.25, 0.3) is 0 Å². The second kappa shape index (κ2) is 5.21. The highest BCUT2D eigenvalue weighted by atomic mass is 15.2. The van der Waals surface area contributed by atoms with Gasteiger partial charge in [-0.2, -0.15) is 0 Å². The van der Waals surface area contributed by atoms with Crippen molar-refractivity contribution >= 4 is 11.4 Å². The Balaban J connectivity index is 1.75. The minimum absolute atomic E-state index is 0.621. The third-order valence-electron chi connectivity index (χ3n) is 4.31. The molecule has 98 valence electrons. The largest absolute Gasteiger partial charge is 0.381 e. The van der Waals surface area contributed by atoms with E-state index in [1.807, 2.05) is 0 Å². The summed E-state index contributed by atoms with van der Waals surface area (Å²) < 4.78 is 0. The van der Waals surface area contributed by atoms with Crippen LogP contribution in [0.15, 0.2) is 24.3 Å². The molecule has 2 aliphatic rings. The van der Waals surface area contributed by atoms with Gasteiger partial charge in [0.2, 0.25) is 0 Å². The minimum Gasteiger partial charge on any atom is -0.381 e. The summed E-state index contributed by atoms with van der Waals surface area (Å²) >= 11 is 0. The Kier molecular flexibility index (Phi) is 3.44. The maximum atomic E-state index is 3.73. The van der Waals surface area contributed by atoms with Crippen LogP contribution in [0.1, 0.15) is 39.0 Å². The van der Waals surface area contributed by atoms with Crippen molar-refractivity contribution in [1.82, 2.24) is 0 Å². The lowest BCUT2D eigenvalue weighted by Gasteiger charge is -2.31. The lowest BCUT2D eigenvalue weighted by Crippen LogP contribution is -2.30. The van der Waals surface area contributed by atoms with Crippen molar-refractivity contribution in [1.29, 1.82) is 0 Å². The summed E-state index contributed by atoms with van der Waals surface area (Å²) in [5.74, 6) is 0.902. The maximum Gasteiger partial charge on any atom is 0.0602 e. The average Bonchev–Trinajstić information content (AvgIpc) is 3.25. The van der Waals surface area contributed by atoms with Crippen LogP contribution in [0.2, 0.25) is 0 Å². The van der Waals surface area contributed by atoms with Gasteiger partial charge < -0.3 is 10.2 Å². The molecule has 2 fully saturated rings. The van der Waals surface area contributed by atoms with E-state index in [0.717, 1.165) is 5.92 Å². The van der Waals surface area contributed by atoms with Gasteiger partial charge in [0, 0.05) is 19.1 Å². The van der Waals surface area contributed by atoms with Gasteiger partial charge in [-0.25, -0.2) is 0 Å². The fraction of sp³-hybridized carbons (Fsp3) is 0.625. The summed E-state index contributed by atoms with van der Waals surface area (Å²) in [5.41, 5.74) is 2.74. The van der Waals surface area contributed by atoms with Crippen LogP contribution >= 0.6 is 0 Å². The zero-order chi connectivity index (χ0) is 12.4. The highest BCUT2D eigenvalue weighted by molar-refractivity contribution is 5.70. The van der Waals surface area contributed by atoms with E-state index < -0.39 is 0 Å². The number of hydrogen-bond donors (Lipinski definition) is 1. The third-order valence-corrected chi connectivity index (χ3v) is 4.31. The molecule has 2 nitrogen and oxygen atoms in total. The molecular formula is C16H24N2. The number of para-hydroxylation sites is 2. The van der Waals surface area contributed by atoms with Crippen LogP contribution in [-0.4, -0.2) is 19.1 Å². The molecule has 0 aromatic heterocycles. The predicted molar refractivity (Wildman–Crippen MR) is 78.3 cm³/mol. The monoisotopic (exact) mass is 244 g/mol. The lowest BCUT2D eigenvalue weighted by molar-refractivity contribution is 0.577. The van der Waals surface area contributed by atoms with Gasteiger partial charge in [-0.3, -0.25) is 0 Å². The van der Waals surface area contributed by atoms with Gasteiger partial charge in [-0.05, 0) is 57.1 Å². The Morgan fingerprint density at radius 1 is 1.11 bits per heavy atom. The number of benzene rings is 1. The summed E-state index contributed by atoms with van der Waals surface area (Å²) in [7, 11) is 0. The molecule has 0 radical (unpaired) electrons. The SMILES string of the molecule is CC(Nc1ccccc1N1CCCCC1)C1CC1. The molecule has 1 unspecified atom stereocenters. The number of nitrogens with one attached hydrogen (secondary N) is 1. The van der Waals surface area contributed by atoms with Crippen molar-refractivity contribution in [2.75, 3.05) is 23.3 Å². The molecule has 2 heteroatoms. The van der Waals surface area contributed by atoms with E-state index in [-0.39, 0.29) is 0 Å². The normalized spacial score (nSPS) is 21.7. The van der Waals surface area contributed by atoms with Gasteiger partial charge in [0.1, 0.15) is 0 Å². The molecule has 1 saturated carbocycles. The minimum atomic E-state index is 0.621. The standard InChI is InChI=1S/C16H24N2/c1-13(14-9-10-14)17-15-7-3-4-8-16(15)18-11-5-2-6-12-18/h3-4,7-8,13-14,17H,2,5-6,9-12H2,1H3. The molecule has 0 bridgehead atoms. The van der Waals surface area contributed by atoms with Crippen molar-refractivity contribution in [3.63, 3.8) is 0 Å². The maximum absolute atomic E-state index is 3.73. The second-order valence-corrected chi connectivity index (χ2v) is 5.84. The Hall–Kier alpha value is -1.18. The van der Waals surface area contributed by atoms with E-state index in [9.17, 15) is 0 Å². The molecule has 1 aliphatic heterocycles. The first-order valence-corrected chi connectivity index (χ1v) is 7.45. The second-order valence-electron chi connectivity index (χ2n) is 5.84. The van der Waals surface area contributed by atoms with Crippen LogP contribution in [0, 0.1) is 5.92 Å². The van der Waals surface area contributed by atoms with Gasteiger partial charge >= 0.3 is 0 Å². The highest BCUT2D eigenvalue weighted by Gasteiger charge is 2.28. The van der Waals surface area contributed by atoms with E-state index in [0.29, 0.717) is 6.04 Å². The molecule has 1 aliphatic carbocycles. The fourth-order valence-corrected chi connectivity index (χ4v) is 2.97. The molecular weight excluding hydrogens is 220 g/mol. The Morgan fingerprint density at radius 2 is 1.83 bits per heavy atom. The van der Waals surface area contributed by atoms with Crippen LogP contribution in [0.3, 0.4) is 0 Å². The number of rotatable bonds is 4. The van der Waals surface area contributed by atoms with E-state index in [1.54, 1.807) is 0 Å². The molecule has 18 heavy (non-hydrogen) atoms. The van der Waals surface area contributed by atoms with Crippen LogP contribution in [-0.2, 0) is 0 Å². The summed E-state index contributed by atoms with van der Waals surface area (Å²) in [6.45, 7) is 4.76. The summed E-state index contributed by atoms with van der Waals surface area (Å²) in [6.07, 6.45) is 6.88. The molecule has 1 N–H and O–H groups in total. The first kappa shape index (κ1) is 11.9. The van der Waals surface area contributed by atoms with Gasteiger partial charge in [0.05, 0.1) is 11.4 Å². The quantitative estimate of drug-likeness (QED) is 0.864. The first-order chi connectivity index (χ1) is 8.84. The van der Waals surface area contributed by atoms with Crippen molar-refractivity contribution in [3.05, 3.63) is 24.3 Å². The van der Waals surface area contributed by atoms with Crippen molar-refractivity contribution in [3.8, 4) is 0 Å². The highest BCUT2D eigenvalue weighted by Crippen LogP contribution is 2.36. The van der Waals surface area contributed by atoms with Crippen molar-refractivity contribution in [2.45, 2.75) is 45.1 Å². The number of piperidine rings is 1. The Morgan fingerprint density at radius 3 is 2.56 bits per heavy atom. The summed E-state index contributed by atoms with van der Waals surface area (Å²) in [4.78, 5) is 2.55. The Labute approximate surface area is 110 Å². The number of anilines is 2. The molecule has 3 rings (SSSR count). The average molecular weight is 244 g/mol.